The van der Waals surface area contributed by atoms with Gasteiger partial charge in [0.25, 0.3) is 5.91 Å². The second kappa shape index (κ2) is 7.75. The van der Waals surface area contributed by atoms with Crippen LogP contribution in [0.15, 0.2) is 16.7 Å². The van der Waals surface area contributed by atoms with E-state index in [1.165, 1.54) is 0 Å². The molecule has 1 fully saturated rings. The predicted octanol–water partition coefficient (Wildman–Crippen LogP) is 2.65. The van der Waals surface area contributed by atoms with Crippen molar-refractivity contribution in [1.82, 2.24) is 9.88 Å². The molecule has 1 amide bonds. The Balaban J connectivity index is 2.24. The molecule has 2 rings (SSSR count). The van der Waals surface area contributed by atoms with Gasteiger partial charge in [0.15, 0.2) is 0 Å². The van der Waals surface area contributed by atoms with E-state index in [-0.39, 0.29) is 18.6 Å². The van der Waals surface area contributed by atoms with E-state index < -0.39 is 0 Å². The number of hydrogen-bond donors (Lipinski definition) is 2. The van der Waals surface area contributed by atoms with E-state index >= 15 is 0 Å². The van der Waals surface area contributed by atoms with E-state index in [1.807, 2.05) is 0 Å². The van der Waals surface area contributed by atoms with Gasteiger partial charge in [-0.1, -0.05) is 6.92 Å². The Morgan fingerprint density at radius 1 is 1.57 bits per heavy atom. The van der Waals surface area contributed by atoms with Gasteiger partial charge in [-0.15, -0.1) is 0 Å². The van der Waals surface area contributed by atoms with Crippen molar-refractivity contribution in [2.75, 3.05) is 25.0 Å². The zero-order valence-electron chi connectivity index (χ0n) is 12.3. The smallest absolute Gasteiger partial charge is 0.257 e. The third kappa shape index (κ3) is 3.95. The van der Waals surface area contributed by atoms with Crippen molar-refractivity contribution in [2.45, 2.75) is 38.6 Å². The molecule has 0 spiro atoms. The van der Waals surface area contributed by atoms with Crippen LogP contribution in [0, 0.1) is 0 Å². The van der Waals surface area contributed by atoms with Crippen LogP contribution in [0.5, 0.6) is 0 Å². The van der Waals surface area contributed by atoms with Gasteiger partial charge in [-0.05, 0) is 47.7 Å². The largest absolute Gasteiger partial charge is 0.395 e. The number of aromatic nitrogens is 1. The van der Waals surface area contributed by atoms with Crippen LogP contribution in [0.1, 0.15) is 43.0 Å². The summed E-state index contributed by atoms with van der Waals surface area (Å²) in [6.45, 7) is 3.21. The van der Waals surface area contributed by atoms with Gasteiger partial charge in [0, 0.05) is 29.8 Å². The second-order valence-electron chi connectivity index (χ2n) is 5.28. The number of pyridine rings is 1. The Bertz CT molecular complexity index is 492. The van der Waals surface area contributed by atoms with Gasteiger partial charge in [0.2, 0.25) is 0 Å². The van der Waals surface area contributed by atoms with Crippen molar-refractivity contribution in [1.29, 1.82) is 0 Å². The molecule has 1 aromatic rings. The van der Waals surface area contributed by atoms with Crippen LogP contribution in [-0.2, 0) is 0 Å². The average molecular weight is 356 g/mol. The summed E-state index contributed by atoms with van der Waals surface area (Å²) in [6, 6.07) is 2.05. The van der Waals surface area contributed by atoms with Crippen LogP contribution < -0.4 is 5.32 Å². The number of anilines is 1. The number of aliphatic hydroxyl groups excluding tert-OH is 1. The average Bonchev–Trinajstić information content (AvgIpc) is 2.43. The van der Waals surface area contributed by atoms with E-state index in [0.717, 1.165) is 36.7 Å². The fourth-order valence-electron chi connectivity index (χ4n) is 2.40. The molecule has 0 saturated heterocycles. The Morgan fingerprint density at radius 3 is 2.90 bits per heavy atom. The highest BCUT2D eigenvalue weighted by Crippen LogP contribution is 2.28. The summed E-state index contributed by atoms with van der Waals surface area (Å²) in [7, 11) is 0. The minimum absolute atomic E-state index is 0.0125. The van der Waals surface area contributed by atoms with Crippen molar-refractivity contribution in [2.24, 2.45) is 0 Å². The lowest BCUT2D eigenvalue weighted by molar-refractivity contribution is 0.0526. The molecule has 1 heterocycles. The molecule has 6 heteroatoms. The first-order chi connectivity index (χ1) is 10.2. The SMILES string of the molecule is CCCNc1ncc(Br)cc1C(=O)N(CCO)C1CCC1. The van der Waals surface area contributed by atoms with Crippen LogP contribution >= 0.6 is 15.9 Å². The number of nitrogens with one attached hydrogen (secondary N) is 1. The van der Waals surface area contributed by atoms with Crippen molar-refractivity contribution in [3.63, 3.8) is 0 Å². The maximum atomic E-state index is 12.8. The highest BCUT2D eigenvalue weighted by Gasteiger charge is 2.30. The fraction of sp³-hybridized carbons (Fsp3) is 0.600. The molecule has 5 nitrogen and oxygen atoms in total. The number of halogens is 1. The summed E-state index contributed by atoms with van der Waals surface area (Å²) >= 11 is 3.38. The molecule has 21 heavy (non-hydrogen) atoms. The molecule has 2 N–H and O–H groups in total. The summed E-state index contributed by atoms with van der Waals surface area (Å²) in [6.07, 6.45) is 5.84. The summed E-state index contributed by atoms with van der Waals surface area (Å²) in [5, 5.41) is 12.4. The van der Waals surface area contributed by atoms with Gasteiger partial charge in [-0.25, -0.2) is 4.98 Å². The lowest BCUT2D eigenvalue weighted by Crippen LogP contribution is -2.45. The number of amides is 1. The number of hydrogen-bond acceptors (Lipinski definition) is 4. The third-order valence-electron chi connectivity index (χ3n) is 3.74. The highest BCUT2D eigenvalue weighted by molar-refractivity contribution is 9.10. The molecule has 116 valence electrons. The first-order valence-electron chi connectivity index (χ1n) is 7.48. The molecule has 1 aliphatic carbocycles. The Morgan fingerprint density at radius 2 is 2.33 bits per heavy atom. The molecule has 0 bridgehead atoms. The van der Waals surface area contributed by atoms with Gasteiger partial charge < -0.3 is 15.3 Å². The van der Waals surface area contributed by atoms with Crippen molar-refractivity contribution >= 4 is 27.7 Å². The molecule has 0 radical (unpaired) electrons. The standard InChI is InChI=1S/C15H22BrN3O2/c1-2-6-17-14-13(9-11(16)10-18-14)15(21)19(7-8-20)12-4-3-5-12/h9-10,12,20H,2-8H2,1H3,(H,17,18). The van der Waals surface area contributed by atoms with Crippen LogP contribution in [-0.4, -0.2) is 46.6 Å². The molecule has 0 aliphatic heterocycles. The van der Waals surface area contributed by atoms with E-state index in [0.29, 0.717) is 17.9 Å². The number of carbonyl (C=O) groups excluding carboxylic acids is 1. The summed E-state index contributed by atoms with van der Waals surface area (Å²) in [5.74, 6) is 0.563. The molecule has 1 saturated carbocycles. The molecular weight excluding hydrogens is 334 g/mol. The first kappa shape index (κ1) is 16.2. The highest BCUT2D eigenvalue weighted by atomic mass is 79.9. The topological polar surface area (TPSA) is 65.5 Å². The van der Waals surface area contributed by atoms with Crippen molar-refractivity contribution in [3.05, 3.63) is 22.3 Å². The predicted molar refractivity (Wildman–Crippen MR) is 86.5 cm³/mol. The second-order valence-corrected chi connectivity index (χ2v) is 6.20. The molecule has 1 aromatic heterocycles. The van der Waals surface area contributed by atoms with Gasteiger partial charge in [-0.3, -0.25) is 4.79 Å². The lowest BCUT2D eigenvalue weighted by atomic mass is 9.91. The Labute approximate surface area is 133 Å². The summed E-state index contributed by atoms with van der Waals surface area (Å²) in [5.41, 5.74) is 0.568. The van der Waals surface area contributed by atoms with Crippen LogP contribution in [0.4, 0.5) is 5.82 Å². The maximum Gasteiger partial charge on any atom is 0.257 e. The zero-order chi connectivity index (χ0) is 15.2. The van der Waals surface area contributed by atoms with Gasteiger partial charge in [0.05, 0.1) is 12.2 Å². The number of rotatable bonds is 7. The quantitative estimate of drug-likeness (QED) is 0.788. The number of carbonyl (C=O) groups is 1. The van der Waals surface area contributed by atoms with Gasteiger partial charge in [-0.2, -0.15) is 0 Å². The third-order valence-corrected chi connectivity index (χ3v) is 4.18. The molecule has 0 atom stereocenters. The fourth-order valence-corrected chi connectivity index (χ4v) is 2.73. The van der Waals surface area contributed by atoms with Crippen molar-refractivity contribution < 1.29 is 9.90 Å². The molecular formula is C15H22BrN3O2. The number of nitrogens with zero attached hydrogens (tertiary/aromatic N) is 2. The Kier molecular flexibility index (Phi) is 5.99. The van der Waals surface area contributed by atoms with E-state index in [4.69, 9.17) is 0 Å². The van der Waals surface area contributed by atoms with Gasteiger partial charge in [0.1, 0.15) is 5.82 Å². The van der Waals surface area contributed by atoms with Crippen LogP contribution in [0.2, 0.25) is 0 Å². The minimum Gasteiger partial charge on any atom is -0.395 e. The summed E-state index contributed by atoms with van der Waals surface area (Å²) in [4.78, 5) is 18.9. The number of aliphatic hydroxyl groups is 1. The first-order valence-corrected chi connectivity index (χ1v) is 8.28. The maximum absolute atomic E-state index is 12.8. The Hall–Kier alpha value is -1.14. The monoisotopic (exact) mass is 355 g/mol. The lowest BCUT2D eigenvalue weighted by Gasteiger charge is -2.37. The molecule has 1 aliphatic rings. The van der Waals surface area contributed by atoms with Crippen LogP contribution in [0.3, 0.4) is 0 Å². The zero-order valence-corrected chi connectivity index (χ0v) is 13.9. The minimum atomic E-state index is -0.0545. The van der Waals surface area contributed by atoms with Crippen molar-refractivity contribution in [3.8, 4) is 0 Å². The van der Waals surface area contributed by atoms with Gasteiger partial charge >= 0.3 is 0 Å². The molecule has 0 aromatic carbocycles. The molecule has 0 unspecified atom stereocenters. The van der Waals surface area contributed by atoms with E-state index in [2.05, 4.69) is 33.2 Å². The summed E-state index contributed by atoms with van der Waals surface area (Å²) < 4.78 is 0.783. The van der Waals surface area contributed by atoms with E-state index in [1.54, 1.807) is 17.2 Å². The van der Waals surface area contributed by atoms with Crippen LogP contribution in [0.25, 0.3) is 0 Å². The van der Waals surface area contributed by atoms with E-state index in [9.17, 15) is 9.90 Å². The normalized spacial score (nSPS) is 14.6.